The summed E-state index contributed by atoms with van der Waals surface area (Å²) in [5, 5.41) is 0. The molecule has 0 aromatic rings. The van der Waals surface area contributed by atoms with Crippen molar-refractivity contribution in [2.75, 3.05) is 0 Å². The molecule has 0 bridgehead atoms. The zero-order chi connectivity index (χ0) is 16.2. The average molecular weight is 510 g/mol. The van der Waals surface area contributed by atoms with Gasteiger partial charge in [-0.1, -0.05) is 0 Å². The molecule has 120 valence electrons. The van der Waals surface area contributed by atoms with Crippen molar-refractivity contribution in [3.05, 3.63) is 20.9 Å². The summed E-state index contributed by atoms with van der Waals surface area (Å²) >= 11 is -6.73. The van der Waals surface area contributed by atoms with Gasteiger partial charge < -0.3 is 0 Å². The molecule has 0 radical (unpaired) electrons. The van der Waals surface area contributed by atoms with Gasteiger partial charge in [-0.05, 0) is 0 Å². The predicted octanol–water partition coefficient (Wildman–Crippen LogP) is 6.15. The van der Waals surface area contributed by atoms with Gasteiger partial charge in [0.1, 0.15) is 0 Å². The molecule has 0 rings (SSSR count). The van der Waals surface area contributed by atoms with E-state index in [1.54, 1.807) is 0 Å². The fraction of sp³-hybridized carbons (Fsp3) is 1.00. The molecule has 0 heterocycles. The Morgan fingerprint density at radius 2 is 1.00 bits per heavy atom. The second kappa shape index (κ2) is 11.7. The molecule has 0 aliphatic heterocycles. The zero-order valence-corrected chi connectivity index (χ0v) is 19.5. The number of nitrogens with zero attached hydrogens (tertiary/aromatic N) is 6. The Labute approximate surface area is 137 Å². The van der Waals surface area contributed by atoms with Crippen molar-refractivity contribution in [3.8, 4) is 0 Å². The van der Waals surface area contributed by atoms with Crippen LogP contribution in [0.1, 0.15) is 53.4 Å². The molecule has 0 saturated carbocycles. The first-order chi connectivity index (χ1) is 10.1. The standard InChI is InChI=1S/4C3H7.2N3.O.2Sn/c6*1-3-2;;;/h4*1,3H2,2H3;;;;;/q;;;;2*-1;;2*+1. The van der Waals surface area contributed by atoms with Crippen molar-refractivity contribution in [3.63, 3.8) is 0 Å². The molecule has 7 nitrogen and oxygen atoms in total. The first-order valence-electron chi connectivity index (χ1n) is 7.90. The summed E-state index contributed by atoms with van der Waals surface area (Å²) in [6.07, 6.45) is 3.86. The Morgan fingerprint density at radius 1 is 0.714 bits per heavy atom. The normalized spacial score (nSPS) is 11.6. The minimum atomic E-state index is -3.37. The fourth-order valence-electron chi connectivity index (χ4n) is 2.77. The third-order valence-electron chi connectivity index (χ3n) is 3.40. The van der Waals surface area contributed by atoms with Crippen LogP contribution in [-0.2, 0) is 1.41 Å². The third kappa shape index (κ3) is 7.32. The van der Waals surface area contributed by atoms with Crippen molar-refractivity contribution in [2.24, 2.45) is 6.67 Å². The number of rotatable bonds is 12. The van der Waals surface area contributed by atoms with Gasteiger partial charge in [0.15, 0.2) is 0 Å². The Morgan fingerprint density at radius 3 is 1.19 bits per heavy atom. The SMILES string of the molecule is CC[CH2][Sn]([CH2]CC)([N]=[N+]=[N-])[O][Sn]([CH2]CC)([CH2]CC)[N]=[N+]=[N-]. The molecule has 0 atom stereocenters. The molecular formula is C12H28N6OSn2. The van der Waals surface area contributed by atoms with E-state index in [9.17, 15) is 0 Å². The molecule has 0 aromatic heterocycles. The summed E-state index contributed by atoms with van der Waals surface area (Å²) in [6.45, 7) is 8.40. The van der Waals surface area contributed by atoms with E-state index in [1.165, 1.54) is 0 Å². The van der Waals surface area contributed by atoms with E-state index in [0.29, 0.717) is 0 Å². The van der Waals surface area contributed by atoms with Crippen LogP contribution in [0.15, 0.2) is 6.67 Å². The Hall–Kier alpha value is 0.177. The van der Waals surface area contributed by atoms with Gasteiger partial charge >= 0.3 is 138 Å². The molecule has 21 heavy (non-hydrogen) atoms. The number of hydrogen-bond donors (Lipinski definition) is 0. The monoisotopic (exact) mass is 512 g/mol. The van der Waals surface area contributed by atoms with E-state index in [2.05, 4.69) is 44.2 Å². The van der Waals surface area contributed by atoms with E-state index < -0.39 is 38.1 Å². The van der Waals surface area contributed by atoms with Crippen LogP contribution in [0.5, 0.6) is 0 Å². The van der Waals surface area contributed by atoms with Gasteiger partial charge in [0, 0.05) is 0 Å². The van der Waals surface area contributed by atoms with Gasteiger partial charge in [0.2, 0.25) is 0 Å². The molecule has 0 aliphatic carbocycles. The van der Waals surface area contributed by atoms with Crippen molar-refractivity contribution in [2.45, 2.75) is 71.1 Å². The van der Waals surface area contributed by atoms with Gasteiger partial charge in [-0.2, -0.15) is 0 Å². The molecule has 0 unspecified atom stereocenters. The van der Waals surface area contributed by atoms with Crippen LogP contribution in [0.4, 0.5) is 0 Å². The van der Waals surface area contributed by atoms with Crippen molar-refractivity contribution >= 4 is 38.1 Å². The van der Waals surface area contributed by atoms with Crippen LogP contribution in [0, 0.1) is 0 Å². The number of azide groups is 2. The quantitative estimate of drug-likeness (QED) is 0.134. The zero-order valence-electron chi connectivity index (χ0n) is 13.7. The van der Waals surface area contributed by atoms with E-state index in [4.69, 9.17) is 12.5 Å². The van der Waals surface area contributed by atoms with Gasteiger partial charge in [-0.3, -0.25) is 0 Å². The molecule has 0 spiro atoms. The third-order valence-corrected chi connectivity index (χ3v) is 37.3. The summed E-state index contributed by atoms with van der Waals surface area (Å²) < 4.78 is 18.6. The molecule has 9 heteroatoms. The average Bonchev–Trinajstić information content (AvgIpc) is 2.40. The van der Waals surface area contributed by atoms with E-state index >= 15 is 0 Å². The summed E-state index contributed by atoms with van der Waals surface area (Å²) in [6, 6.07) is 0. The van der Waals surface area contributed by atoms with E-state index in [0.717, 1.165) is 43.4 Å². The first kappa shape index (κ1) is 21.2. The summed E-state index contributed by atoms with van der Waals surface area (Å²) in [5.74, 6) is 0. The molecule has 0 aromatic carbocycles. The van der Waals surface area contributed by atoms with Crippen LogP contribution in [-0.4, -0.2) is 38.1 Å². The maximum absolute atomic E-state index is 8.99. The van der Waals surface area contributed by atoms with Gasteiger partial charge in [-0.15, -0.1) is 0 Å². The second-order valence-corrected chi connectivity index (χ2v) is 27.5. The molecular weight excluding hydrogens is 482 g/mol. The van der Waals surface area contributed by atoms with Crippen LogP contribution in [0.25, 0.3) is 20.9 Å². The Bertz CT molecular complexity index is 345. The molecule has 0 saturated heterocycles. The van der Waals surface area contributed by atoms with Gasteiger partial charge in [-0.25, -0.2) is 0 Å². The van der Waals surface area contributed by atoms with Gasteiger partial charge in [0.25, 0.3) is 0 Å². The predicted molar refractivity (Wildman–Crippen MR) is 91.3 cm³/mol. The second-order valence-electron chi connectivity index (χ2n) is 5.37. The molecule has 0 fully saturated rings. The first-order valence-corrected chi connectivity index (χ1v) is 20.9. The number of hydrogen-bond acceptors (Lipinski definition) is 3. The molecule has 0 amide bonds. The Balaban J connectivity index is 5.63. The van der Waals surface area contributed by atoms with Crippen LogP contribution in [0.2, 0.25) is 17.7 Å². The van der Waals surface area contributed by atoms with E-state index in [-0.39, 0.29) is 0 Å². The summed E-state index contributed by atoms with van der Waals surface area (Å²) in [4.78, 5) is 6.20. The van der Waals surface area contributed by atoms with Crippen LogP contribution in [0.3, 0.4) is 0 Å². The summed E-state index contributed by atoms with van der Waals surface area (Å²) in [7, 11) is 0. The summed E-state index contributed by atoms with van der Waals surface area (Å²) in [5.41, 5.74) is 18.0. The topological polar surface area (TPSA) is 107 Å². The van der Waals surface area contributed by atoms with Gasteiger partial charge in [0.05, 0.1) is 0 Å². The van der Waals surface area contributed by atoms with Crippen molar-refractivity contribution in [1.82, 2.24) is 0 Å². The van der Waals surface area contributed by atoms with E-state index in [1.807, 2.05) is 0 Å². The van der Waals surface area contributed by atoms with Crippen LogP contribution < -0.4 is 0 Å². The van der Waals surface area contributed by atoms with Crippen molar-refractivity contribution in [1.29, 1.82) is 0 Å². The fourth-order valence-corrected chi connectivity index (χ4v) is 41.5. The molecule has 0 N–H and O–H groups in total. The van der Waals surface area contributed by atoms with Crippen molar-refractivity contribution < 1.29 is 1.41 Å². The maximum atomic E-state index is 8.99. The van der Waals surface area contributed by atoms with Crippen LogP contribution >= 0.6 is 0 Å². The Kier molecular flexibility index (Phi) is 11.8. The minimum absolute atomic E-state index is 0.889. The molecule has 0 aliphatic rings.